The van der Waals surface area contributed by atoms with Crippen LogP contribution in [0.5, 0.6) is 0 Å². The number of hydrogen-bond acceptors (Lipinski definition) is 6. The maximum absolute atomic E-state index is 14.1. The fourth-order valence-corrected chi connectivity index (χ4v) is 3.08. The van der Waals surface area contributed by atoms with Crippen LogP contribution < -0.4 is 5.32 Å². The highest BCUT2D eigenvalue weighted by molar-refractivity contribution is 6.43. The zero-order chi connectivity index (χ0) is 20.4. The highest BCUT2D eigenvalue weighted by atomic mass is 35.5. The molecule has 1 aromatic carbocycles. The first-order valence-corrected chi connectivity index (χ1v) is 9.03. The third kappa shape index (κ3) is 3.87. The monoisotopic (exact) mass is 433 g/mol. The highest BCUT2D eigenvalue weighted by Crippen LogP contribution is 2.29. The first-order chi connectivity index (χ1) is 14.0. The Hall–Kier alpha value is -3.17. The second kappa shape index (κ2) is 8.06. The van der Waals surface area contributed by atoms with E-state index in [0.29, 0.717) is 32.9 Å². The van der Waals surface area contributed by atoms with Gasteiger partial charge in [-0.3, -0.25) is 4.98 Å². The Morgan fingerprint density at radius 3 is 2.72 bits per heavy atom. The minimum atomic E-state index is -0.944. The number of aromatic nitrogens is 6. The fraction of sp³-hybridized carbons (Fsp3) is 0.0556. The normalized spacial score (nSPS) is 10.9. The topological polar surface area (TPSA) is 81.4 Å². The van der Waals surface area contributed by atoms with Gasteiger partial charge < -0.3 is 5.32 Å². The Kier molecular flexibility index (Phi) is 5.32. The number of hydrogen-bond donors (Lipinski definition) is 1. The van der Waals surface area contributed by atoms with Gasteiger partial charge in [0, 0.05) is 12.7 Å². The minimum absolute atomic E-state index is 0.0845. The highest BCUT2D eigenvalue weighted by Gasteiger charge is 2.16. The Morgan fingerprint density at radius 1 is 1.03 bits per heavy atom. The molecule has 29 heavy (non-hydrogen) atoms. The lowest BCUT2D eigenvalue weighted by Gasteiger charge is -2.12. The molecule has 0 unspecified atom stereocenters. The van der Waals surface area contributed by atoms with Crippen LogP contribution in [0.3, 0.4) is 0 Å². The van der Waals surface area contributed by atoms with Crippen LogP contribution in [0, 0.1) is 11.9 Å². The molecule has 0 aliphatic rings. The van der Waals surface area contributed by atoms with E-state index in [1.54, 1.807) is 30.3 Å². The Balaban J connectivity index is 1.64. The summed E-state index contributed by atoms with van der Waals surface area (Å²) in [5, 5.41) is 15.2. The van der Waals surface area contributed by atoms with Gasteiger partial charge in [-0.1, -0.05) is 40.4 Å². The standard InChI is InChI=1S/C18H11Cl2F2N7/c19-12-4-1-5-13(15(12)20)29-18(26-27-28-29)24-9-10-3-2-8-23-16(10)11-6-7-14(21)25-17(11)22/h1-8H,9H2,(H,24,26,28). The Bertz CT molecular complexity index is 1180. The first kappa shape index (κ1) is 19.2. The van der Waals surface area contributed by atoms with Crippen LogP contribution in [-0.2, 0) is 6.54 Å². The molecule has 146 valence electrons. The maximum atomic E-state index is 14.1. The van der Waals surface area contributed by atoms with E-state index in [0.717, 1.165) is 6.07 Å². The SMILES string of the molecule is Fc1ccc(-c2ncccc2CNc2nnnn2-c2cccc(Cl)c2Cl)c(F)n1. The molecule has 0 radical (unpaired) electrons. The van der Waals surface area contributed by atoms with Gasteiger partial charge in [-0.25, -0.2) is 0 Å². The van der Waals surface area contributed by atoms with Gasteiger partial charge in [-0.15, -0.1) is 0 Å². The van der Waals surface area contributed by atoms with Crippen molar-refractivity contribution in [3.8, 4) is 16.9 Å². The van der Waals surface area contributed by atoms with Crippen molar-refractivity contribution >= 4 is 29.2 Å². The van der Waals surface area contributed by atoms with E-state index in [2.05, 4.69) is 30.8 Å². The van der Waals surface area contributed by atoms with Crippen molar-refractivity contribution in [1.82, 2.24) is 30.2 Å². The van der Waals surface area contributed by atoms with Gasteiger partial charge in [0.15, 0.2) is 0 Å². The molecule has 1 N–H and O–H groups in total. The van der Waals surface area contributed by atoms with E-state index in [1.165, 1.54) is 16.9 Å². The number of nitrogens with one attached hydrogen (secondary N) is 1. The molecular formula is C18H11Cl2F2N7. The van der Waals surface area contributed by atoms with E-state index >= 15 is 0 Å². The quantitative estimate of drug-likeness (QED) is 0.472. The summed E-state index contributed by atoms with van der Waals surface area (Å²) in [4.78, 5) is 7.42. The molecule has 0 saturated heterocycles. The van der Waals surface area contributed by atoms with Crippen molar-refractivity contribution in [2.45, 2.75) is 6.54 Å². The molecule has 0 atom stereocenters. The molecule has 0 saturated carbocycles. The second-order valence-corrected chi connectivity index (χ2v) is 6.61. The molecule has 0 aliphatic heterocycles. The number of anilines is 1. The van der Waals surface area contributed by atoms with Crippen LogP contribution in [0.1, 0.15) is 5.56 Å². The van der Waals surface area contributed by atoms with E-state index in [4.69, 9.17) is 23.2 Å². The zero-order valence-corrected chi connectivity index (χ0v) is 16.0. The predicted octanol–water partition coefficient (Wildman–Crippen LogP) is 4.32. The third-order valence-corrected chi connectivity index (χ3v) is 4.84. The van der Waals surface area contributed by atoms with Crippen molar-refractivity contribution < 1.29 is 8.78 Å². The average molecular weight is 434 g/mol. The largest absolute Gasteiger partial charge is 0.349 e. The lowest BCUT2D eigenvalue weighted by Crippen LogP contribution is -2.09. The smallest absolute Gasteiger partial charge is 0.248 e. The number of halogens is 4. The number of tetrazole rings is 1. The van der Waals surface area contributed by atoms with Crippen LogP contribution in [0.4, 0.5) is 14.7 Å². The molecule has 3 heterocycles. The van der Waals surface area contributed by atoms with Gasteiger partial charge >= 0.3 is 0 Å². The van der Waals surface area contributed by atoms with Gasteiger partial charge in [-0.2, -0.15) is 18.4 Å². The molecule has 0 spiro atoms. The number of rotatable bonds is 5. The zero-order valence-electron chi connectivity index (χ0n) is 14.5. The number of nitrogens with zero attached hydrogens (tertiary/aromatic N) is 6. The lowest BCUT2D eigenvalue weighted by atomic mass is 10.1. The summed E-state index contributed by atoms with van der Waals surface area (Å²) < 4.78 is 28.7. The lowest BCUT2D eigenvalue weighted by molar-refractivity contribution is 0.515. The summed E-state index contributed by atoms with van der Waals surface area (Å²) in [6.45, 7) is 0.207. The molecule has 0 fully saturated rings. The van der Waals surface area contributed by atoms with Crippen LogP contribution >= 0.6 is 23.2 Å². The molecule has 4 rings (SSSR count). The van der Waals surface area contributed by atoms with Gasteiger partial charge in [-0.05, 0) is 46.3 Å². The van der Waals surface area contributed by atoms with Crippen LogP contribution in [-0.4, -0.2) is 30.2 Å². The van der Waals surface area contributed by atoms with Gasteiger partial charge in [0.05, 0.1) is 27.0 Å². The third-order valence-electron chi connectivity index (χ3n) is 4.03. The van der Waals surface area contributed by atoms with E-state index < -0.39 is 11.9 Å². The van der Waals surface area contributed by atoms with Crippen molar-refractivity contribution in [3.63, 3.8) is 0 Å². The van der Waals surface area contributed by atoms with E-state index in [1.807, 2.05) is 0 Å². The molecule has 0 amide bonds. The number of pyridine rings is 2. The Labute approximate surface area is 173 Å². The summed E-state index contributed by atoms with van der Waals surface area (Å²) in [5.41, 5.74) is 1.53. The molecule has 4 aromatic rings. The fourth-order valence-electron chi connectivity index (χ4n) is 2.70. The summed E-state index contributed by atoms with van der Waals surface area (Å²) in [7, 11) is 0. The van der Waals surface area contributed by atoms with Gasteiger partial charge in [0.1, 0.15) is 0 Å². The van der Waals surface area contributed by atoms with E-state index in [-0.39, 0.29) is 12.1 Å². The summed E-state index contributed by atoms with van der Waals surface area (Å²) >= 11 is 12.3. The minimum Gasteiger partial charge on any atom is -0.349 e. The Morgan fingerprint density at radius 2 is 1.90 bits per heavy atom. The molecule has 11 heteroatoms. The predicted molar refractivity (Wildman–Crippen MR) is 104 cm³/mol. The van der Waals surface area contributed by atoms with E-state index in [9.17, 15) is 8.78 Å². The average Bonchev–Trinajstić information content (AvgIpc) is 3.17. The van der Waals surface area contributed by atoms with Crippen LogP contribution in [0.2, 0.25) is 10.0 Å². The number of benzene rings is 1. The molecule has 3 aromatic heterocycles. The maximum Gasteiger partial charge on any atom is 0.248 e. The molecule has 7 nitrogen and oxygen atoms in total. The molecular weight excluding hydrogens is 423 g/mol. The van der Waals surface area contributed by atoms with Crippen LogP contribution in [0.15, 0.2) is 48.7 Å². The first-order valence-electron chi connectivity index (χ1n) is 8.27. The van der Waals surface area contributed by atoms with Crippen molar-refractivity contribution in [3.05, 3.63) is 76.2 Å². The van der Waals surface area contributed by atoms with Crippen molar-refractivity contribution in [2.75, 3.05) is 5.32 Å². The van der Waals surface area contributed by atoms with Gasteiger partial charge in [0.2, 0.25) is 17.8 Å². The van der Waals surface area contributed by atoms with Crippen molar-refractivity contribution in [2.24, 2.45) is 0 Å². The summed E-state index contributed by atoms with van der Waals surface area (Å²) in [6.07, 6.45) is 1.51. The summed E-state index contributed by atoms with van der Waals surface area (Å²) in [5.74, 6) is -1.55. The van der Waals surface area contributed by atoms with Crippen molar-refractivity contribution in [1.29, 1.82) is 0 Å². The van der Waals surface area contributed by atoms with Gasteiger partial charge in [0.25, 0.3) is 0 Å². The second-order valence-electron chi connectivity index (χ2n) is 5.82. The molecule has 0 aliphatic carbocycles. The summed E-state index contributed by atoms with van der Waals surface area (Å²) in [6, 6.07) is 10.9. The molecule has 0 bridgehead atoms. The van der Waals surface area contributed by atoms with Crippen LogP contribution in [0.25, 0.3) is 16.9 Å².